The molecule has 3 heterocycles. The number of anilines is 2. The lowest BCUT2D eigenvalue weighted by Crippen LogP contribution is -2.30. The lowest BCUT2D eigenvalue weighted by atomic mass is 9.99. The molecule has 0 spiro atoms. The summed E-state index contributed by atoms with van der Waals surface area (Å²) in [4.78, 5) is 32.4. The van der Waals surface area contributed by atoms with Crippen LogP contribution in [0.25, 0.3) is 11.1 Å². The van der Waals surface area contributed by atoms with Crippen LogP contribution in [0.2, 0.25) is 0 Å². The van der Waals surface area contributed by atoms with Gasteiger partial charge in [0.2, 0.25) is 5.92 Å². The molecule has 0 radical (unpaired) electrons. The maximum atomic E-state index is 14.1. The molecule has 4 rings (SSSR count). The van der Waals surface area contributed by atoms with Gasteiger partial charge in [-0.25, -0.2) is 18.0 Å². The molecule has 2 atom stereocenters. The number of carbonyl (C=O) groups is 2. The summed E-state index contributed by atoms with van der Waals surface area (Å²) in [6.45, 7) is 3.62. The molecule has 3 aromatic rings. The zero-order valence-electron chi connectivity index (χ0n) is 22.9. The van der Waals surface area contributed by atoms with Crippen LogP contribution in [0.1, 0.15) is 42.1 Å². The second kappa shape index (κ2) is 11.4. The summed E-state index contributed by atoms with van der Waals surface area (Å²) in [6.07, 6.45) is 6.11. The monoisotopic (exact) mass is 573 g/mol. The molecule has 1 aliphatic heterocycles. The Morgan fingerprint density at radius 1 is 1.23 bits per heavy atom. The summed E-state index contributed by atoms with van der Waals surface area (Å²) >= 11 is 0. The fourth-order valence-electron chi connectivity index (χ4n) is 4.54. The smallest absolute Gasteiger partial charge is 0.270 e. The van der Waals surface area contributed by atoms with Crippen molar-refractivity contribution in [2.75, 3.05) is 29.6 Å². The summed E-state index contributed by atoms with van der Waals surface area (Å²) in [7, 11) is -1.35. The fraction of sp³-hybridized carbons (Fsp3) is 0.407. The van der Waals surface area contributed by atoms with Crippen molar-refractivity contribution in [2.24, 2.45) is 17.1 Å². The minimum absolute atomic E-state index is 0.0500. The van der Waals surface area contributed by atoms with Crippen molar-refractivity contribution in [3.63, 3.8) is 0 Å². The number of hydrogen-bond donors (Lipinski definition) is 2. The van der Waals surface area contributed by atoms with Crippen LogP contribution < -0.4 is 16.0 Å². The highest BCUT2D eigenvalue weighted by molar-refractivity contribution is 7.93. The number of halogens is 2. The fourth-order valence-corrected chi connectivity index (χ4v) is 5.83. The quantitative estimate of drug-likeness (QED) is 0.455. The van der Waals surface area contributed by atoms with Crippen molar-refractivity contribution < 1.29 is 22.6 Å². The van der Waals surface area contributed by atoms with E-state index in [2.05, 4.69) is 19.8 Å². The van der Waals surface area contributed by atoms with Crippen molar-refractivity contribution >= 4 is 33.0 Å². The predicted molar refractivity (Wildman–Crippen MR) is 150 cm³/mol. The Kier molecular flexibility index (Phi) is 8.36. The number of carbonyl (C=O) groups excluding carboxylic acids is 2. The number of benzene rings is 1. The molecule has 0 saturated carbocycles. The molecular formula is C27H33F2N7O3S. The van der Waals surface area contributed by atoms with E-state index in [-0.39, 0.29) is 36.3 Å². The summed E-state index contributed by atoms with van der Waals surface area (Å²) in [5, 5.41) is 7.04. The van der Waals surface area contributed by atoms with Crippen LogP contribution in [0.4, 0.5) is 20.3 Å². The summed E-state index contributed by atoms with van der Waals surface area (Å²) in [5.41, 5.74) is 8.18. The molecule has 0 aliphatic carbocycles. The highest BCUT2D eigenvalue weighted by atomic mass is 32.2. The number of amides is 2. The average molecular weight is 574 g/mol. The third-order valence-electron chi connectivity index (χ3n) is 6.76. The Hall–Kier alpha value is -3.71. The number of aryl methyl sites for hydroxylation is 1. The van der Waals surface area contributed by atoms with Crippen LogP contribution in [0, 0.1) is 6.92 Å². The van der Waals surface area contributed by atoms with Gasteiger partial charge in [0, 0.05) is 73.3 Å². The lowest BCUT2D eigenvalue weighted by Gasteiger charge is -2.26. The first kappa shape index (κ1) is 29.3. The Labute approximate surface area is 232 Å². The molecule has 0 bridgehead atoms. The Morgan fingerprint density at radius 3 is 2.65 bits per heavy atom. The summed E-state index contributed by atoms with van der Waals surface area (Å²) < 4.78 is 46.8. The Balaban J connectivity index is 1.74. The number of pyridine rings is 1. The third-order valence-corrected chi connectivity index (χ3v) is 8.42. The first-order chi connectivity index (χ1) is 18.8. The van der Waals surface area contributed by atoms with Crippen molar-refractivity contribution in [2.45, 2.75) is 50.0 Å². The average Bonchev–Trinajstić information content (AvgIpc) is 3.22. The minimum atomic E-state index is -3.12. The Bertz CT molecular complexity index is 1560. The van der Waals surface area contributed by atoms with E-state index in [4.69, 9.17) is 5.73 Å². The maximum absolute atomic E-state index is 14.1. The first-order valence-electron chi connectivity index (χ1n) is 12.8. The first-order valence-corrected chi connectivity index (χ1v) is 14.7. The van der Waals surface area contributed by atoms with Crippen molar-refractivity contribution in [1.82, 2.24) is 14.8 Å². The van der Waals surface area contributed by atoms with Gasteiger partial charge in [-0.2, -0.15) is 9.46 Å². The van der Waals surface area contributed by atoms with Crippen LogP contribution in [0.15, 0.2) is 52.1 Å². The molecular weight excluding hydrogens is 540 g/mol. The van der Waals surface area contributed by atoms with Crippen molar-refractivity contribution in [3.8, 4) is 11.1 Å². The largest absolute Gasteiger partial charge is 0.356 e. The highest BCUT2D eigenvalue weighted by Gasteiger charge is 2.33. The van der Waals surface area contributed by atoms with E-state index in [1.165, 1.54) is 19.2 Å². The van der Waals surface area contributed by atoms with Crippen LogP contribution in [-0.4, -0.2) is 62.1 Å². The minimum Gasteiger partial charge on any atom is -0.356 e. The second-order valence-corrected chi connectivity index (χ2v) is 12.4. The van der Waals surface area contributed by atoms with Gasteiger partial charge in [-0.1, -0.05) is 6.07 Å². The summed E-state index contributed by atoms with van der Waals surface area (Å²) in [5.74, 6) is -3.66. The van der Waals surface area contributed by atoms with Gasteiger partial charge in [-0.05, 0) is 44.0 Å². The molecule has 1 aliphatic rings. The topological polar surface area (TPSA) is 136 Å². The molecule has 0 unspecified atom stereocenters. The Morgan fingerprint density at radius 2 is 1.98 bits per heavy atom. The van der Waals surface area contributed by atoms with Gasteiger partial charge in [0.05, 0.1) is 27.5 Å². The number of hydrogen-bond acceptors (Lipinski definition) is 7. The highest BCUT2D eigenvalue weighted by Crippen LogP contribution is 2.34. The molecule has 3 N–H and O–H groups in total. The van der Waals surface area contributed by atoms with Gasteiger partial charge < -0.3 is 16.0 Å². The van der Waals surface area contributed by atoms with Gasteiger partial charge in [-0.3, -0.25) is 14.3 Å². The molecule has 2 aromatic heterocycles. The number of nitrogens with two attached hydrogens (primary N) is 1. The van der Waals surface area contributed by atoms with Crippen LogP contribution in [-0.2, 0) is 21.6 Å². The molecule has 40 heavy (non-hydrogen) atoms. The molecule has 1 fully saturated rings. The number of alkyl halides is 2. The van der Waals surface area contributed by atoms with Crippen LogP contribution in [0.5, 0.6) is 0 Å². The van der Waals surface area contributed by atoms with Crippen molar-refractivity contribution in [1.29, 1.82) is 0 Å². The van der Waals surface area contributed by atoms with Gasteiger partial charge >= 0.3 is 0 Å². The zero-order valence-corrected chi connectivity index (χ0v) is 23.7. The van der Waals surface area contributed by atoms with E-state index in [9.17, 15) is 22.6 Å². The number of nitrogens with one attached hydrogen (secondary N) is 1. The SMILES string of the molecule is Cc1c(-c2cnn(C)c2)cnc(N2CCCC(F)(F)CC2)c1C(=O)Nc1cccc([S@@](C)(=O)=NC(=O)[C@H](C)N)c1. The summed E-state index contributed by atoms with van der Waals surface area (Å²) in [6, 6.07) is 5.34. The third kappa shape index (κ3) is 6.53. The van der Waals surface area contributed by atoms with Gasteiger partial charge in [0.1, 0.15) is 5.82 Å². The molecule has 1 saturated heterocycles. The number of aromatic nitrogens is 3. The van der Waals surface area contributed by atoms with Crippen LogP contribution >= 0.6 is 0 Å². The number of nitrogens with zero attached hydrogens (tertiary/aromatic N) is 5. The molecule has 214 valence electrons. The molecule has 1 aromatic carbocycles. The molecule has 13 heteroatoms. The van der Waals surface area contributed by atoms with E-state index >= 15 is 0 Å². The van der Waals surface area contributed by atoms with Gasteiger partial charge in [0.25, 0.3) is 11.8 Å². The van der Waals surface area contributed by atoms with E-state index < -0.39 is 33.5 Å². The normalized spacial score (nSPS) is 17.4. The van der Waals surface area contributed by atoms with Gasteiger partial charge in [-0.15, -0.1) is 0 Å². The van der Waals surface area contributed by atoms with Crippen molar-refractivity contribution in [3.05, 3.63) is 54.0 Å². The van der Waals surface area contributed by atoms with E-state index in [1.807, 2.05) is 0 Å². The zero-order chi connectivity index (χ0) is 29.2. The number of rotatable bonds is 6. The second-order valence-electron chi connectivity index (χ2n) is 10.1. The van der Waals surface area contributed by atoms with E-state index in [0.717, 1.165) is 5.56 Å². The predicted octanol–water partition coefficient (Wildman–Crippen LogP) is 4.00. The van der Waals surface area contributed by atoms with Crippen LogP contribution in [0.3, 0.4) is 0 Å². The molecule has 10 nitrogen and oxygen atoms in total. The van der Waals surface area contributed by atoms with E-state index in [0.29, 0.717) is 29.2 Å². The van der Waals surface area contributed by atoms with Gasteiger partial charge in [0.15, 0.2) is 0 Å². The van der Waals surface area contributed by atoms with E-state index in [1.54, 1.807) is 60.3 Å². The lowest BCUT2D eigenvalue weighted by molar-refractivity contribution is -0.118. The maximum Gasteiger partial charge on any atom is 0.270 e. The standard InChI is InChI=1S/C27H33F2N7O3S/c1-17-22(19-14-32-35(3)16-19)15-31-24(36-11-6-9-27(28,29)10-12-36)23(17)26(38)33-20-7-5-8-21(13-20)40(4,39)34-25(37)18(2)30/h5,7-8,13-16,18H,6,9-12,30H2,1-4H3,(H,33,38)/t18-,40+/m0/s1. The molecule has 2 amide bonds.